The van der Waals surface area contributed by atoms with Gasteiger partial charge in [-0.1, -0.05) is 0 Å². The smallest absolute Gasteiger partial charge is 0.159 e. The van der Waals surface area contributed by atoms with Crippen LogP contribution in [0.3, 0.4) is 0 Å². The zero-order valence-corrected chi connectivity index (χ0v) is 6.79. The molecule has 4 heavy (non-hydrogen) atoms. The van der Waals surface area contributed by atoms with Crippen molar-refractivity contribution in [3.8, 4) is 0 Å². The standard InChI is InChI=1S/Al.H5PSi.Ti.3H/c;1-2;;;;/h;1H2,2H3;;;;. The van der Waals surface area contributed by atoms with Crippen LogP contribution in [0.2, 0.25) is 0 Å². The minimum absolute atomic E-state index is 0. The third-order valence-corrected chi connectivity index (χ3v) is 0. The first-order chi connectivity index (χ1) is 1.00. The molecule has 4 heteroatoms. The number of rotatable bonds is 0. The fraction of sp³-hybridized carbons (Fsp3) is 0. The van der Waals surface area contributed by atoms with Gasteiger partial charge in [0, 0.05) is 31.6 Å². The van der Waals surface area contributed by atoms with Crippen molar-refractivity contribution in [1.82, 2.24) is 0 Å². The van der Waals surface area contributed by atoms with Crippen LogP contribution in [0.25, 0.3) is 0 Å². The van der Waals surface area contributed by atoms with Crippen molar-refractivity contribution in [3.05, 3.63) is 0 Å². The molecule has 1 atom stereocenters. The molecule has 0 aliphatic rings. The summed E-state index contributed by atoms with van der Waals surface area (Å²) in [5.41, 5.74) is 0. The molecule has 1 unspecified atom stereocenters. The van der Waals surface area contributed by atoms with Gasteiger partial charge >= 0.3 is 0 Å². The largest absolute Gasteiger partial charge is 0.187 e. The van der Waals surface area contributed by atoms with Crippen molar-refractivity contribution in [2.45, 2.75) is 0 Å². The van der Waals surface area contributed by atoms with E-state index < -0.39 is 0 Å². The Hall–Kier alpha value is 1.89. The van der Waals surface area contributed by atoms with Crippen molar-refractivity contribution in [2.24, 2.45) is 0 Å². The first-order valence-electron chi connectivity index (χ1n) is 0.577. The van der Waals surface area contributed by atoms with Gasteiger partial charge in [0.1, 0.15) is 0 Å². The van der Waals surface area contributed by atoms with E-state index in [0.717, 1.165) is 0 Å². The molecule has 0 fully saturated rings. The maximum atomic E-state index is 2.56. The molecule has 24 valence electrons. The summed E-state index contributed by atoms with van der Waals surface area (Å²) in [4.78, 5) is 0. The summed E-state index contributed by atoms with van der Waals surface area (Å²) in [6, 6.07) is 0. The molecule has 0 aromatic heterocycles. The second-order valence-corrected chi connectivity index (χ2v) is 0. The molecule has 0 aromatic carbocycles. The summed E-state index contributed by atoms with van der Waals surface area (Å²) in [6.45, 7) is 0. The van der Waals surface area contributed by atoms with Gasteiger partial charge in [-0.3, -0.25) is 0 Å². The van der Waals surface area contributed by atoms with Gasteiger partial charge in [0.2, 0.25) is 0 Å². The molecular weight excluding hydrogens is 134 g/mol. The molecule has 0 aliphatic carbocycles. The van der Waals surface area contributed by atoms with Gasteiger partial charge in [-0.2, -0.15) is 8.79 Å². The van der Waals surface area contributed by atoms with Gasteiger partial charge in [0.25, 0.3) is 0 Å². The van der Waals surface area contributed by atoms with E-state index in [9.17, 15) is 0 Å². The van der Waals surface area contributed by atoms with Gasteiger partial charge in [-0.25, -0.2) is 0 Å². The maximum absolute atomic E-state index is 2.56. The minimum atomic E-state index is 0. The van der Waals surface area contributed by atoms with Crippen LogP contribution in [0.4, 0.5) is 0 Å². The Balaban J connectivity index is -0.00000000500. The molecule has 0 spiro atoms. The van der Waals surface area contributed by atoms with E-state index in [1.165, 1.54) is 9.91 Å². The van der Waals surface area contributed by atoms with Gasteiger partial charge < -0.3 is 0 Å². The SMILES string of the molecule is [AlH3].[SiH3]P.[Ti]. The van der Waals surface area contributed by atoms with Crippen LogP contribution in [0, 0.1) is 0 Å². The van der Waals surface area contributed by atoms with Crippen LogP contribution in [0.15, 0.2) is 0 Å². The Labute approximate surface area is 57.6 Å². The third kappa shape index (κ3) is 9.09. The summed E-state index contributed by atoms with van der Waals surface area (Å²) >= 11 is 0. The molecule has 0 aliphatic heterocycles. The minimum Gasteiger partial charge on any atom is -0.159 e. The number of hydrogen-bond donors (Lipinski definition) is 0. The monoisotopic (exact) mass is 142 g/mol. The van der Waals surface area contributed by atoms with Crippen molar-refractivity contribution in [1.29, 1.82) is 0 Å². The molecule has 0 N–H and O–H groups in total. The zero-order valence-electron chi connectivity index (χ0n) is 2.08. The molecule has 0 rings (SSSR count). The van der Waals surface area contributed by atoms with Gasteiger partial charge in [-0.15, -0.1) is 0 Å². The summed E-state index contributed by atoms with van der Waals surface area (Å²) in [5.74, 6) is 0. The molecule has 0 aromatic rings. The third-order valence-electron chi connectivity index (χ3n) is 0. The van der Waals surface area contributed by atoms with E-state index in [1.807, 2.05) is 0 Å². The van der Waals surface area contributed by atoms with E-state index in [-0.39, 0.29) is 39.1 Å². The Bertz CT molecular complexity index is 8.00. The fourth-order valence-corrected chi connectivity index (χ4v) is 0. The second-order valence-electron chi connectivity index (χ2n) is 0. The Morgan fingerprint density at radius 1 is 1.25 bits per heavy atom. The van der Waals surface area contributed by atoms with Crippen molar-refractivity contribution >= 4 is 36.1 Å². The van der Waals surface area contributed by atoms with Gasteiger partial charge in [0.05, 0.1) is 0 Å². The average Bonchev–Trinajstić information content (AvgIpc) is 1.00. The van der Waals surface area contributed by atoms with Crippen LogP contribution in [0.1, 0.15) is 0 Å². The molecule has 0 saturated carbocycles. The van der Waals surface area contributed by atoms with Crippen molar-refractivity contribution in [2.75, 3.05) is 0 Å². The Morgan fingerprint density at radius 3 is 1.25 bits per heavy atom. The quantitative estimate of drug-likeness (QED) is 0.270. The molecule has 0 saturated heterocycles. The predicted octanol–water partition coefficient (Wildman–Crippen LogP) is -2.04. The van der Waals surface area contributed by atoms with Gasteiger partial charge in [-0.05, 0) is 0 Å². The first-order valence-corrected chi connectivity index (χ1v) is 5.20. The molecule has 0 radical (unpaired) electrons. The first kappa shape index (κ1) is 16.9. The van der Waals surface area contributed by atoms with Crippen LogP contribution in [-0.2, 0) is 21.7 Å². The van der Waals surface area contributed by atoms with E-state index in [4.69, 9.17) is 0 Å². The molecule has 0 nitrogen and oxygen atoms in total. The van der Waals surface area contributed by atoms with E-state index >= 15 is 0 Å². The molecule has 0 bridgehead atoms. The van der Waals surface area contributed by atoms with E-state index in [0.29, 0.717) is 0 Å². The molecule has 0 amide bonds. The second kappa shape index (κ2) is 20.7. The maximum Gasteiger partial charge on any atom is 0.187 e. The van der Waals surface area contributed by atoms with Gasteiger partial charge in [0.15, 0.2) is 17.4 Å². The van der Waals surface area contributed by atoms with Crippen LogP contribution in [0.5, 0.6) is 0 Å². The zero-order chi connectivity index (χ0) is 2.00. The summed E-state index contributed by atoms with van der Waals surface area (Å²) in [6.07, 6.45) is 0. The summed E-state index contributed by atoms with van der Waals surface area (Å²) in [5, 5.41) is 0. The number of hydrogen-bond acceptors (Lipinski definition) is 0. The van der Waals surface area contributed by atoms with Crippen LogP contribution < -0.4 is 0 Å². The van der Waals surface area contributed by atoms with Crippen LogP contribution >= 0.6 is 8.79 Å². The molecule has 0 heterocycles. The van der Waals surface area contributed by atoms with Crippen LogP contribution in [-0.4, -0.2) is 27.3 Å². The fourth-order valence-electron chi connectivity index (χ4n) is 0. The van der Waals surface area contributed by atoms with Crippen molar-refractivity contribution < 1.29 is 21.7 Å². The van der Waals surface area contributed by atoms with Crippen molar-refractivity contribution in [3.63, 3.8) is 0 Å². The Kier molecular flexibility index (Phi) is 87.2. The average molecular weight is 142 g/mol. The summed E-state index contributed by atoms with van der Waals surface area (Å²) < 4.78 is 0. The van der Waals surface area contributed by atoms with E-state index in [2.05, 4.69) is 8.79 Å². The summed E-state index contributed by atoms with van der Waals surface area (Å²) in [7, 11) is 3.78. The van der Waals surface area contributed by atoms with E-state index in [1.54, 1.807) is 0 Å². The predicted molar refractivity (Wildman–Crippen MR) is 29.6 cm³/mol. The Morgan fingerprint density at radius 2 is 1.25 bits per heavy atom. The topological polar surface area (TPSA) is 0 Å². The normalized spacial score (nSPS) is 2.25. The molecular formula is H8AlPSiTi.